The highest BCUT2D eigenvalue weighted by molar-refractivity contribution is 7.85. The molecule has 0 spiro atoms. The van der Waals surface area contributed by atoms with E-state index in [0.29, 0.717) is 4.88 Å². The van der Waals surface area contributed by atoms with E-state index in [2.05, 4.69) is 0 Å². The minimum atomic E-state index is -1.23. The summed E-state index contributed by atoms with van der Waals surface area (Å²) >= 11 is 1.34. The average Bonchev–Trinajstić information content (AvgIpc) is 2.55. The van der Waals surface area contributed by atoms with Crippen molar-refractivity contribution < 1.29 is 14.1 Å². The molecule has 72 valence electrons. The van der Waals surface area contributed by atoms with Crippen molar-refractivity contribution in [1.29, 1.82) is 0 Å². The number of carbonyl (C=O) groups excluding carboxylic acids is 1. The van der Waals surface area contributed by atoms with Gasteiger partial charge in [0, 0.05) is 16.6 Å². The molecule has 1 N–H and O–H groups in total. The first kappa shape index (κ1) is 10.6. The minimum Gasteiger partial charge on any atom is -0.395 e. The second-order valence-corrected chi connectivity index (χ2v) is 4.94. The van der Waals surface area contributed by atoms with Gasteiger partial charge in [-0.15, -0.1) is 11.3 Å². The first-order valence-corrected chi connectivity index (χ1v) is 6.13. The number of Topliss-reactive ketones (excluding diaryl/α,β-unsaturated/α-hetero) is 1. The van der Waals surface area contributed by atoms with Gasteiger partial charge in [0.05, 0.1) is 17.2 Å². The monoisotopic (exact) mass is 218 g/mol. The van der Waals surface area contributed by atoms with Crippen LogP contribution in [-0.2, 0) is 10.8 Å². The summed E-state index contributed by atoms with van der Waals surface area (Å²) in [4.78, 5) is 12.0. The van der Waals surface area contributed by atoms with E-state index in [0.717, 1.165) is 0 Å². The van der Waals surface area contributed by atoms with Crippen molar-refractivity contribution in [2.24, 2.45) is 0 Å². The lowest BCUT2D eigenvalue weighted by molar-refractivity contribution is 0.102. The molecule has 1 heterocycles. The fourth-order valence-corrected chi connectivity index (χ4v) is 2.38. The topological polar surface area (TPSA) is 54.4 Å². The summed E-state index contributed by atoms with van der Waals surface area (Å²) < 4.78 is 11.1. The molecule has 0 amide bonds. The van der Waals surface area contributed by atoms with Gasteiger partial charge in [0.15, 0.2) is 5.78 Å². The molecule has 0 aliphatic heterocycles. The van der Waals surface area contributed by atoms with E-state index >= 15 is 0 Å². The largest absolute Gasteiger partial charge is 0.395 e. The smallest absolute Gasteiger partial charge is 0.185 e. The third-order valence-electron chi connectivity index (χ3n) is 1.41. The Morgan fingerprint density at radius 1 is 1.62 bits per heavy atom. The first-order valence-electron chi connectivity index (χ1n) is 3.76. The number of hydrogen-bond donors (Lipinski definition) is 1. The van der Waals surface area contributed by atoms with Crippen LogP contribution in [0.25, 0.3) is 0 Å². The fourth-order valence-electron chi connectivity index (χ4n) is 0.829. The molecule has 5 heteroatoms. The van der Waals surface area contributed by atoms with Crippen LogP contribution in [0.3, 0.4) is 0 Å². The maximum atomic E-state index is 11.3. The normalized spacial score (nSPS) is 12.7. The van der Waals surface area contributed by atoms with Gasteiger partial charge in [0.2, 0.25) is 0 Å². The molecule has 1 atom stereocenters. The number of thiophene rings is 1. The molecule has 0 aliphatic carbocycles. The standard InChI is InChI=1S/C8H10O3S2/c9-3-5-13(11)6-7(10)8-2-1-4-12-8/h1-2,4,9H,3,5-6H2. The summed E-state index contributed by atoms with van der Waals surface area (Å²) in [6, 6.07) is 3.50. The number of carbonyl (C=O) groups is 1. The SMILES string of the molecule is O=C(CS(=O)CCO)c1cccs1. The van der Waals surface area contributed by atoms with Crippen LogP contribution < -0.4 is 0 Å². The lowest BCUT2D eigenvalue weighted by atomic mass is 10.4. The third kappa shape index (κ3) is 3.38. The molecule has 0 saturated carbocycles. The summed E-state index contributed by atoms with van der Waals surface area (Å²) in [7, 11) is -1.23. The van der Waals surface area contributed by atoms with Gasteiger partial charge in [-0.05, 0) is 11.4 Å². The second-order valence-electron chi connectivity index (χ2n) is 2.41. The molecular weight excluding hydrogens is 208 g/mol. The molecule has 3 nitrogen and oxygen atoms in total. The molecule has 13 heavy (non-hydrogen) atoms. The molecule has 0 aliphatic rings. The molecule has 1 rings (SSSR count). The van der Waals surface area contributed by atoms with Crippen LogP contribution in [0.1, 0.15) is 9.67 Å². The van der Waals surface area contributed by atoms with Crippen molar-refractivity contribution in [1.82, 2.24) is 0 Å². The van der Waals surface area contributed by atoms with E-state index in [1.165, 1.54) is 11.3 Å². The van der Waals surface area contributed by atoms with Crippen LogP contribution in [0.4, 0.5) is 0 Å². The van der Waals surface area contributed by atoms with Crippen LogP contribution in [0.2, 0.25) is 0 Å². The molecule has 1 aromatic heterocycles. The summed E-state index contributed by atoms with van der Waals surface area (Å²) in [5, 5.41) is 10.3. The van der Waals surface area contributed by atoms with Gasteiger partial charge in [0.25, 0.3) is 0 Å². The summed E-state index contributed by atoms with van der Waals surface area (Å²) in [5.41, 5.74) is 0. The number of aliphatic hydroxyl groups excluding tert-OH is 1. The molecular formula is C8H10O3S2. The van der Waals surface area contributed by atoms with E-state index in [1.807, 2.05) is 5.38 Å². The van der Waals surface area contributed by atoms with Crippen molar-refractivity contribution in [3.63, 3.8) is 0 Å². The van der Waals surface area contributed by atoms with E-state index in [1.54, 1.807) is 12.1 Å². The van der Waals surface area contributed by atoms with Crippen LogP contribution in [0, 0.1) is 0 Å². The summed E-state index contributed by atoms with van der Waals surface area (Å²) in [6.45, 7) is -0.135. The molecule has 0 saturated heterocycles. The zero-order valence-corrected chi connectivity index (χ0v) is 8.57. The maximum Gasteiger partial charge on any atom is 0.185 e. The zero-order chi connectivity index (χ0) is 9.68. The van der Waals surface area contributed by atoms with E-state index in [4.69, 9.17) is 5.11 Å². The Balaban J connectivity index is 2.47. The van der Waals surface area contributed by atoms with Crippen molar-refractivity contribution in [2.75, 3.05) is 18.1 Å². The van der Waals surface area contributed by atoms with Crippen LogP contribution in [0.5, 0.6) is 0 Å². The van der Waals surface area contributed by atoms with Crippen molar-refractivity contribution in [3.05, 3.63) is 22.4 Å². The molecule has 0 fully saturated rings. The second kappa shape index (κ2) is 5.26. The Bertz CT molecular complexity index is 292. The maximum absolute atomic E-state index is 11.3. The van der Waals surface area contributed by atoms with Crippen LogP contribution in [-0.4, -0.2) is 33.2 Å². The van der Waals surface area contributed by atoms with Gasteiger partial charge in [-0.2, -0.15) is 0 Å². The van der Waals surface area contributed by atoms with Gasteiger partial charge in [-0.25, -0.2) is 0 Å². The van der Waals surface area contributed by atoms with E-state index < -0.39 is 10.8 Å². The Labute approximate surface area is 82.9 Å². The highest BCUT2D eigenvalue weighted by atomic mass is 32.2. The minimum absolute atomic E-state index is 0.0150. The van der Waals surface area contributed by atoms with Gasteiger partial charge in [0.1, 0.15) is 0 Å². The molecule has 1 unspecified atom stereocenters. The summed E-state index contributed by atoms with van der Waals surface area (Å²) in [6.07, 6.45) is 0. The Morgan fingerprint density at radius 2 is 2.38 bits per heavy atom. The lowest BCUT2D eigenvalue weighted by Crippen LogP contribution is -2.13. The van der Waals surface area contributed by atoms with Gasteiger partial charge in [-0.1, -0.05) is 6.07 Å². The molecule has 0 aromatic carbocycles. The Hall–Kier alpha value is -0.520. The Morgan fingerprint density at radius 3 is 2.92 bits per heavy atom. The van der Waals surface area contributed by atoms with Crippen molar-refractivity contribution in [3.8, 4) is 0 Å². The zero-order valence-electron chi connectivity index (χ0n) is 6.93. The highest BCUT2D eigenvalue weighted by Gasteiger charge is 2.10. The number of aliphatic hydroxyl groups is 1. The van der Waals surface area contributed by atoms with Gasteiger partial charge in [-0.3, -0.25) is 9.00 Å². The fraction of sp³-hybridized carbons (Fsp3) is 0.375. The average molecular weight is 218 g/mol. The first-order chi connectivity index (χ1) is 6.24. The number of hydrogen-bond acceptors (Lipinski definition) is 4. The van der Waals surface area contributed by atoms with Gasteiger partial charge < -0.3 is 5.11 Å². The molecule has 0 bridgehead atoms. The predicted octanol–water partition coefficient (Wildman–Crippen LogP) is 0.672. The lowest BCUT2D eigenvalue weighted by Gasteiger charge is -1.96. The van der Waals surface area contributed by atoms with Gasteiger partial charge >= 0.3 is 0 Å². The van der Waals surface area contributed by atoms with Crippen molar-refractivity contribution in [2.45, 2.75) is 0 Å². The van der Waals surface area contributed by atoms with Crippen LogP contribution >= 0.6 is 11.3 Å². The van der Waals surface area contributed by atoms with E-state index in [9.17, 15) is 9.00 Å². The van der Waals surface area contributed by atoms with Crippen LogP contribution in [0.15, 0.2) is 17.5 Å². The number of ketones is 1. The molecule has 1 aromatic rings. The van der Waals surface area contributed by atoms with E-state index in [-0.39, 0.29) is 23.9 Å². The summed E-state index contributed by atoms with van der Waals surface area (Å²) in [5.74, 6) is 0.0832. The third-order valence-corrected chi connectivity index (χ3v) is 3.54. The van der Waals surface area contributed by atoms with Crippen molar-refractivity contribution >= 4 is 27.9 Å². The Kier molecular flexibility index (Phi) is 4.27. The predicted molar refractivity (Wildman–Crippen MR) is 53.6 cm³/mol. The highest BCUT2D eigenvalue weighted by Crippen LogP contribution is 2.09. The quantitative estimate of drug-likeness (QED) is 0.739. The number of rotatable bonds is 5. The molecule has 0 radical (unpaired) electrons.